The molecule has 0 bridgehead atoms. The molecule has 2 nitrogen and oxygen atoms in total. The van der Waals surface area contributed by atoms with E-state index in [1.54, 1.807) is 0 Å². The van der Waals surface area contributed by atoms with Gasteiger partial charge in [0.1, 0.15) is 0 Å². The maximum Gasteiger partial charge on any atom is 0.0721 e. The minimum absolute atomic E-state index is 0.0417. The van der Waals surface area contributed by atoms with Gasteiger partial charge in [-0.25, -0.2) is 0 Å². The molecule has 1 aliphatic carbocycles. The molecule has 0 aromatic carbocycles. The van der Waals surface area contributed by atoms with Gasteiger partial charge in [0, 0.05) is 6.04 Å². The molecule has 0 aromatic heterocycles. The number of nitrogens with zero attached hydrogens (tertiary/aromatic N) is 1. The first kappa shape index (κ1) is 7.56. The molecule has 10 heavy (non-hydrogen) atoms. The number of hydrogen-bond donors (Lipinski definition) is 1. The van der Waals surface area contributed by atoms with Crippen molar-refractivity contribution in [3.8, 4) is 6.07 Å². The first-order valence-corrected chi connectivity index (χ1v) is 3.88. The molecule has 0 spiro atoms. The highest BCUT2D eigenvalue weighted by atomic mass is 14.7. The molecule has 0 radical (unpaired) electrons. The van der Waals surface area contributed by atoms with E-state index in [4.69, 9.17) is 11.0 Å². The fourth-order valence-corrected chi connectivity index (χ4v) is 1.67. The summed E-state index contributed by atoms with van der Waals surface area (Å²) >= 11 is 0. The summed E-state index contributed by atoms with van der Waals surface area (Å²) in [5, 5.41) is 8.86. The van der Waals surface area contributed by atoms with Gasteiger partial charge < -0.3 is 5.73 Å². The molecule has 1 aliphatic rings. The summed E-state index contributed by atoms with van der Waals surface area (Å²) in [5.41, 5.74) is 5.54. The predicted octanol–water partition coefficient (Wildman–Crippen LogP) is 1.42. The monoisotopic (exact) mass is 138 g/mol. The van der Waals surface area contributed by atoms with Crippen molar-refractivity contribution in [3.05, 3.63) is 0 Å². The Morgan fingerprint density at radius 1 is 1.50 bits per heavy atom. The van der Waals surface area contributed by atoms with Crippen LogP contribution in [0.4, 0.5) is 0 Å². The average Bonchev–Trinajstić information content (AvgIpc) is 2.35. The first-order chi connectivity index (χ1) is 4.71. The lowest BCUT2D eigenvalue weighted by Crippen LogP contribution is -2.35. The summed E-state index contributed by atoms with van der Waals surface area (Å²) in [4.78, 5) is 0. The van der Waals surface area contributed by atoms with Crippen LogP contribution in [0.3, 0.4) is 0 Å². The van der Waals surface area contributed by atoms with E-state index in [2.05, 4.69) is 6.07 Å². The van der Waals surface area contributed by atoms with Crippen molar-refractivity contribution in [1.82, 2.24) is 0 Å². The van der Waals surface area contributed by atoms with Crippen molar-refractivity contribution in [2.24, 2.45) is 11.1 Å². The average molecular weight is 138 g/mol. The molecule has 2 N–H and O–H groups in total. The van der Waals surface area contributed by atoms with E-state index in [0.717, 1.165) is 12.8 Å². The number of hydrogen-bond acceptors (Lipinski definition) is 2. The second-order valence-electron chi connectivity index (χ2n) is 3.26. The third-order valence-corrected chi connectivity index (χ3v) is 2.59. The topological polar surface area (TPSA) is 49.8 Å². The third-order valence-electron chi connectivity index (χ3n) is 2.59. The summed E-state index contributed by atoms with van der Waals surface area (Å²) in [6.07, 6.45) is 4.35. The van der Waals surface area contributed by atoms with Crippen molar-refractivity contribution in [2.75, 3.05) is 0 Å². The molecule has 1 unspecified atom stereocenters. The predicted molar refractivity (Wildman–Crippen MR) is 40.2 cm³/mol. The number of rotatable bonds is 1. The summed E-state index contributed by atoms with van der Waals surface area (Å²) in [7, 11) is 0. The zero-order valence-electron chi connectivity index (χ0n) is 6.43. The lowest BCUT2D eigenvalue weighted by Gasteiger charge is -2.24. The second kappa shape index (κ2) is 2.59. The van der Waals surface area contributed by atoms with Crippen molar-refractivity contribution in [3.63, 3.8) is 0 Å². The minimum Gasteiger partial charge on any atom is -0.327 e. The van der Waals surface area contributed by atoms with Gasteiger partial charge >= 0.3 is 0 Å². The summed E-state index contributed by atoms with van der Waals surface area (Å²) in [6, 6.07) is 2.39. The van der Waals surface area contributed by atoms with Crippen LogP contribution >= 0.6 is 0 Å². The lowest BCUT2D eigenvalue weighted by atomic mass is 9.81. The summed E-state index contributed by atoms with van der Waals surface area (Å²) < 4.78 is 0. The zero-order chi connectivity index (χ0) is 7.61. The van der Waals surface area contributed by atoms with Gasteiger partial charge in [-0.05, 0) is 19.8 Å². The van der Waals surface area contributed by atoms with Crippen LogP contribution in [-0.4, -0.2) is 6.04 Å². The highest BCUT2D eigenvalue weighted by Crippen LogP contribution is 2.39. The smallest absolute Gasteiger partial charge is 0.0721 e. The van der Waals surface area contributed by atoms with E-state index in [1.807, 2.05) is 6.92 Å². The fraction of sp³-hybridized carbons (Fsp3) is 0.875. The molecule has 2 heteroatoms. The molecule has 0 amide bonds. The zero-order valence-corrected chi connectivity index (χ0v) is 6.43. The van der Waals surface area contributed by atoms with E-state index in [1.165, 1.54) is 12.8 Å². The molecule has 1 fully saturated rings. The maximum atomic E-state index is 8.86. The highest BCUT2D eigenvalue weighted by Gasteiger charge is 2.37. The molecular formula is C8H14N2. The Hall–Kier alpha value is -0.550. The van der Waals surface area contributed by atoms with Gasteiger partial charge in [0.2, 0.25) is 0 Å². The van der Waals surface area contributed by atoms with Crippen LogP contribution in [0.2, 0.25) is 0 Å². The second-order valence-corrected chi connectivity index (χ2v) is 3.26. The SMILES string of the molecule is CC(N)C1(C#N)CCCC1. The molecule has 1 saturated carbocycles. The minimum atomic E-state index is -0.181. The lowest BCUT2D eigenvalue weighted by molar-refractivity contribution is 0.340. The Labute approximate surface area is 62.0 Å². The number of nitrogens with two attached hydrogens (primary N) is 1. The van der Waals surface area contributed by atoms with E-state index in [9.17, 15) is 0 Å². The Morgan fingerprint density at radius 2 is 2.00 bits per heavy atom. The van der Waals surface area contributed by atoms with Crippen molar-refractivity contribution in [2.45, 2.75) is 38.6 Å². The molecule has 56 valence electrons. The molecule has 0 saturated heterocycles. The molecule has 1 atom stereocenters. The Kier molecular flexibility index (Phi) is 1.96. The van der Waals surface area contributed by atoms with Gasteiger partial charge in [0.15, 0.2) is 0 Å². The fourth-order valence-electron chi connectivity index (χ4n) is 1.67. The molecule has 0 aromatic rings. The maximum absolute atomic E-state index is 8.86. The van der Waals surface area contributed by atoms with E-state index in [-0.39, 0.29) is 11.5 Å². The van der Waals surface area contributed by atoms with Gasteiger partial charge in [-0.1, -0.05) is 12.8 Å². The largest absolute Gasteiger partial charge is 0.327 e. The van der Waals surface area contributed by atoms with Crippen LogP contribution < -0.4 is 5.73 Å². The molecule has 1 rings (SSSR count). The van der Waals surface area contributed by atoms with Gasteiger partial charge in [0.25, 0.3) is 0 Å². The first-order valence-electron chi connectivity index (χ1n) is 3.88. The van der Waals surface area contributed by atoms with E-state index >= 15 is 0 Å². The van der Waals surface area contributed by atoms with E-state index in [0.29, 0.717) is 0 Å². The van der Waals surface area contributed by atoms with Crippen LogP contribution in [0, 0.1) is 16.7 Å². The Balaban J connectivity index is 2.70. The van der Waals surface area contributed by atoms with Gasteiger partial charge in [-0.3, -0.25) is 0 Å². The van der Waals surface area contributed by atoms with Crippen LogP contribution in [0.15, 0.2) is 0 Å². The van der Waals surface area contributed by atoms with Crippen LogP contribution in [0.1, 0.15) is 32.6 Å². The molecule has 0 heterocycles. The Bertz CT molecular complexity index is 149. The van der Waals surface area contributed by atoms with Gasteiger partial charge in [-0.2, -0.15) is 5.26 Å². The van der Waals surface area contributed by atoms with Gasteiger partial charge in [-0.15, -0.1) is 0 Å². The van der Waals surface area contributed by atoms with E-state index < -0.39 is 0 Å². The van der Waals surface area contributed by atoms with Crippen LogP contribution in [0.5, 0.6) is 0 Å². The standard InChI is InChI=1S/C8H14N2/c1-7(10)8(6-9)4-2-3-5-8/h7H,2-5,10H2,1H3. The quantitative estimate of drug-likeness (QED) is 0.595. The van der Waals surface area contributed by atoms with Crippen molar-refractivity contribution < 1.29 is 0 Å². The molecular weight excluding hydrogens is 124 g/mol. The number of nitriles is 1. The van der Waals surface area contributed by atoms with Crippen LogP contribution in [-0.2, 0) is 0 Å². The van der Waals surface area contributed by atoms with Crippen LogP contribution in [0.25, 0.3) is 0 Å². The summed E-state index contributed by atoms with van der Waals surface area (Å²) in [6.45, 7) is 1.94. The Morgan fingerprint density at radius 3 is 2.20 bits per heavy atom. The summed E-state index contributed by atoms with van der Waals surface area (Å²) in [5.74, 6) is 0. The third kappa shape index (κ3) is 1.02. The highest BCUT2D eigenvalue weighted by molar-refractivity contribution is 5.06. The molecule has 0 aliphatic heterocycles. The van der Waals surface area contributed by atoms with Crippen molar-refractivity contribution in [1.29, 1.82) is 5.26 Å². The van der Waals surface area contributed by atoms with Gasteiger partial charge in [0.05, 0.1) is 11.5 Å². The van der Waals surface area contributed by atoms with Crippen molar-refractivity contribution >= 4 is 0 Å². The normalized spacial score (nSPS) is 25.7.